The summed E-state index contributed by atoms with van der Waals surface area (Å²) >= 11 is 13.7. The number of hydrogen-bond acceptors (Lipinski definition) is 4. The molecule has 0 atom stereocenters. The monoisotopic (exact) mass is 406 g/mol. The molecule has 1 N–H and O–H groups in total. The van der Waals surface area contributed by atoms with Crippen LogP contribution in [0.3, 0.4) is 0 Å². The third kappa shape index (κ3) is 4.98. The molecule has 0 aliphatic carbocycles. The Balaban J connectivity index is 1.57. The van der Waals surface area contributed by atoms with Crippen LogP contribution in [0.1, 0.15) is 30.7 Å². The summed E-state index contributed by atoms with van der Waals surface area (Å²) in [6, 6.07) is 13.8. The Kier molecular flexibility index (Phi) is 6.20. The lowest BCUT2D eigenvalue weighted by Crippen LogP contribution is -2.35. The fourth-order valence-corrected chi connectivity index (χ4v) is 3.32. The minimum atomic E-state index is -0.228. The second kappa shape index (κ2) is 8.40. The molecule has 6 heteroatoms. The average molecular weight is 407 g/mol. The highest BCUT2D eigenvalue weighted by molar-refractivity contribution is 7.07. The van der Waals surface area contributed by atoms with Crippen LogP contribution < -0.4 is 10.1 Å². The summed E-state index contributed by atoms with van der Waals surface area (Å²) in [5.41, 5.74) is 4.80. The fourth-order valence-electron chi connectivity index (χ4n) is 2.48. The number of nitrogens with one attached hydrogen (secondary N) is 1. The molecule has 0 aliphatic rings. The maximum absolute atomic E-state index is 6.14. The molecule has 0 saturated heterocycles. The maximum Gasteiger partial charge on any atom is 0.131 e. The van der Waals surface area contributed by atoms with Gasteiger partial charge in [0, 0.05) is 17.5 Å². The maximum atomic E-state index is 6.14. The van der Waals surface area contributed by atoms with E-state index in [1.165, 1.54) is 5.56 Å². The minimum Gasteiger partial charge on any atom is -0.487 e. The van der Waals surface area contributed by atoms with E-state index in [-0.39, 0.29) is 5.54 Å². The Hall–Kier alpha value is -1.59. The lowest BCUT2D eigenvalue weighted by Gasteiger charge is -2.27. The van der Waals surface area contributed by atoms with Crippen LogP contribution in [0.4, 0.5) is 0 Å². The van der Waals surface area contributed by atoms with E-state index in [4.69, 9.17) is 27.9 Å². The number of nitrogens with zero attached hydrogens (tertiary/aromatic N) is 1. The van der Waals surface area contributed by atoms with E-state index in [1.54, 1.807) is 11.3 Å². The number of ether oxygens (including phenoxy) is 1. The third-order valence-corrected chi connectivity index (χ3v) is 5.54. The molecule has 0 aliphatic heterocycles. The van der Waals surface area contributed by atoms with Crippen molar-refractivity contribution in [3.05, 3.63) is 80.2 Å². The molecule has 1 heterocycles. The second-order valence-corrected chi connectivity index (χ2v) is 8.05. The van der Waals surface area contributed by atoms with E-state index in [1.807, 2.05) is 41.2 Å². The average Bonchev–Trinajstić information content (AvgIpc) is 3.15. The fraction of sp³-hybridized carbons (Fsp3) is 0.250. The number of thiazole rings is 1. The van der Waals surface area contributed by atoms with Gasteiger partial charge in [0.2, 0.25) is 0 Å². The van der Waals surface area contributed by atoms with E-state index < -0.39 is 0 Å². The standard InChI is InChI=1S/C20H20Cl2N2OS/c1-20(2,15-5-8-18(21)19(22)9-15)24-10-14-3-6-17(7-4-14)25-11-16-12-26-13-23-16/h3-9,12-13,24H,10-11H2,1-2H3. The summed E-state index contributed by atoms with van der Waals surface area (Å²) in [7, 11) is 0. The number of halogens is 2. The molecular formula is C20H20Cl2N2OS. The van der Waals surface area contributed by atoms with Crippen molar-refractivity contribution in [2.24, 2.45) is 0 Å². The SMILES string of the molecule is CC(C)(NCc1ccc(OCc2cscn2)cc1)c1ccc(Cl)c(Cl)c1. The predicted molar refractivity (Wildman–Crippen MR) is 109 cm³/mol. The highest BCUT2D eigenvalue weighted by Gasteiger charge is 2.20. The van der Waals surface area contributed by atoms with Crippen LogP contribution in [0.15, 0.2) is 53.4 Å². The highest BCUT2D eigenvalue weighted by Crippen LogP contribution is 2.28. The van der Waals surface area contributed by atoms with Gasteiger partial charge < -0.3 is 10.1 Å². The summed E-state index contributed by atoms with van der Waals surface area (Å²) in [4.78, 5) is 4.21. The van der Waals surface area contributed by atoms with Gasteiger partial charge in [0.05, 0.1) is 21.2 Å². The molecule has 0 amide bonds. The van der Waals surface area contributed by atoms with Gasteiger partial charge in [-0.15, -0.1) is 11.3 Å². The summed E-state index contributed by atoms with van der Waals surface area (Å²) in [5.74, 6) is 0.838. The molecule has 3 aromatic rings. The highest BCUT2D eigenvalue weighted by atomic mass is 35.5. The largest absolute Gasteiger partial charge is 0.487 e. The predicted octanol–water partition coefficient (Wildman–Crippen LogP) is 6.05. The molecule has 3 nitrogen and oxygen atoms in total. The van der Waals surface area contributed by atoms with Gasteiger partial charge in [-0.05, 0) is 49.2 Å². The molecule has 3 rings (SSSR count). The van der Waals surface area contributed by atoms with Gasteiger partial charge in [0.15, 0.2) is 0 Å². The molecule has 136 valence electrons. The van der Waals surface area contributed by atoms with Gasteiger partial charge in [-0.2, -0.15) is 0 Å². The third-order valence-electron chi connectivity index (χ3n) is 4.17. The smallest absolute Gasteiger partial charge is 0.131 e. The number of benzene rings is 2. The molecule has 0 bridgehead atoms. The van der Waals surface area contributed by atoms with Gasteiger partial charge in [-0.1, -0.05) is 41.4 Å². The molecule has 2 aromatic carbocycles. The zero-order chi connectivity index (χ0) is 18.6. The van der Waals surface area contributed by atoms with Crippen molar-refractivity contribution < 1.29 is 4.74 Å². The first kappa shape index (κ1) is 19.2. The van der Waals surface area contributed by atoms with Crippen LogP contribution in [-0.2, 0) is 18.7 Å². The van der Waals surface area contributed by atoms with Crippen molar-refractivity contribution in [2.75, 3.05) is 0 Å². The first-order valence-electron chi connectivity index (χ1n) is 8.23. The Labute approximate surface area is 168 Å². The Bertz CT molecular complexity index is 849. The van der Waals surface area contributed by atoms with Crippen molar-refractivity contribution in [3.63, 3.8) is 0 Å². The topological polar surface area (TPSA) is 34.1 Å². The normalized spacial score (nSPS) is 11.5. The zero-order valence-corrected chi connectivity index (χ0v) is 17.0. The van der Waals surface area contributed by atoms with Crippen molar-refractivity contribution >= 4 is 34.5 Å². The van der Waals surface area contributed by atoms with Gasteiger partial charge in [0.1, 0.15) is 12.4 Å². The van der Waals surface area contributed by atoms with Crippen LogP contribution in [0.2, 0.25) is 10.0 Å². The van der Waals surface area contributed by atoms with Gasteiger partial charge in [-0.25, -0.2) is 4.98 Å². The Morgan fingerprint density at radius 3 is 2.50 bits per heavy atom. The van der Waals surface area contributed by atoms with Crippen LogP contribution in [0, 0.1) is 0 Å². The first-order chi connectivity index (χ1) is 12.4. The lowest BCUT2D eigenvalue weighted by molar-refractivity contribution is 0.302. The van der Waals surface area contributed by atoms with Crippen LogP contribution in [0.5, 0.6) is 5.75 Å². The number of aromatic nitrogens is 1. The number of rotatable bonds is 7. The van der Waals surface area contributed by atoms with Gasteiger partial charge in [0.25, 0.3) is 0 Å². The van der Waals surface area contributed by atoms with E-state index in [0.29, 0.717) is 16.7 Å². The minimum absolute atomic E-state index is 0.228. The summed E-state index contributed by atoms with van der Waals surface area (Å²) in [6.07, 6.45) is 0. The van der Waals surface area contributed by atoms with E-state index in [0.717, 1.165) is 23.6 Å². The second-order valence-electron chi connectivity index (χ2n) is 6.52. The zero-order valence-electron chi connectivity index (χ0n) is 14.6. The van der Waals surface area contributed by atoms with Crippen molar-refractivity contribution in [1.82, 2.24) is 10.3 Å². The molecule has 0 fully saturated rings. The molecule has 0 saturated carbocycles. The molecular weight excluding hydrogens is 387 g/mol. The molecule has 0 unspecified atom stereocenters. The summed E-state index contributed by atoms with van der Waals surface area (Å²) in [5, 5.41) is 6.69. The molecule has 0 spiro atoms. The summed E-state index contributed by atoms with van der Waals surface area (Å²) < 4.78 is 5.74. The van der Waals surface area contributed by atoms with Crippen molar-refractivity contribution in [1.29, 1.82) is 0 Å². The van der Waals surface area contributed by atoms with E-state index in [2.05, 4.69) is 36.3 Å². The van der Waals surface area contributed by atoms with Crippen LogP contribution in [0.25, 0.3) is 0 Å². The van der Waals surface area contributed by atoms with Crippen LogP contribution in [-0.4, -0.2) is 4.98 Å². The van der Waals surface area contributed by atoms with Gasteiger partial charge >= 0.3 is 0 Å². The van der Waals surface area contributed by atoms with Crippen LogP contribution >= 0.6 is 34.5 Å². The first-order valence-corrected chi connectivity index (χ1v) is 9.93. The van der Waals surface area contributed by atoms with E-state index in [9.17, 15) is 0 Å². The summed E-state index contributed by atoms with van der Waals surface area (Å²) in [6.45, 7) is 5.47. The van der Waals surface area contributed by atoms with Gasteiger partial charge in [-0.3, -0.25) is 0 Å². The Morgan fingerprint density at radius 1 is 1.08 bits per heavy atom. The Morgan fingerprint density at radius 2 is 1.85 bits per heavy atom. The molecule has 0 radical (unpaired) electrons. The van der Waals surface area contributed by atoms with E-state index >= 15 is 0 Å². The molecule has 26 heavy (non-hydrogen) atoms. The lowest BCUT2D eigenvalue weighted by atomic mass is 9.94. The van der Waals surface area contributed by atoms with Crippen molar-refractivity contribution in [2.45, 2.75) is 32.5 Å². The van der Waals surface area contributed by atoms with Crippen molar-refractivity contribution in [3.8, 4) is 5.75 Å². The molecule has 1 aromatic heterocycles. The number of hydrogen-bond donors (Lipinski definition) is 1. The quantitative estimate of drug-likeness (QED) is 0.517.